The third-order valence-electron chi connectivity index (χ3n) is 5.91. The fourth-order valence-corrected chi connectivity index (χ4v) is 4.03. The number of nitrogens with zero attached hydrogens (tertiary/aromatic N) is 6. The van der Waals surface area contributed by atoms with Crippen LogP contribution in [0.15, 0.2) is 61.3 Å². The normalized spacial score (nSPS) is 11.5. The molecule has 0 aliphatic carbocycles. The zero-order chi connectivity index (χ0) is 25.5. The van der Waals surface area contributed by atoms with Gasteiger partial charge in [-0.3, -0.25) is 24.8 Å². The standard InChI is InChI=1S/C26H20FN9O/c1-13(2)26(37)32-15-9-14(10-28-11-15)21-20(27)19-18(12-31-21)35-36-23(19)25-33-22-16(6-8-30-24(22)34-25)17-5-3-4-7-29-17/h3-13H,1-2H3,(H,32,37)(H,35,36)(H,30,33,34). The number of H-pyrrole nitrogens is 2. The average Bonchev–Trinajstić information content (AvgIpc) is 3.54. The van der Waals surface area contributed by atoms with Gasteiger partial charge in [-0.15, -0.1) is 0 Å². The van der Waals surface area contributed by atoms with Gasteiger partial charge in [-0.05, 0) is 24.3 Å². The van der Waals surface area contributed by atoms with Crippen molar-refractivity contribution in [3.8, 4) is 34.0 Å². The van der Waals surface area contributed by atoms with Gasteiger partial charge in [0.25, 0.3) is 0 Å². The predicted octanol–water partition coefficient (Wildman–Crippen LogP) is 4.75. The Hall–Kier alpha value is -5.06. The number of fused-ring (bicyclic) bond motifs is 2. The summed E-state index contributed by atoms with van der Waals surface area (Å²) < 4.78 is 16.0. The van der Waals surface area contributed by atoms with E-state index in [0.29, 0.717) is 39.4 Å². The maximum Gasteiger partial charge on any atom is 0.226 e. The number of aromatic nitrogens is 8. The largest absolute Gasteiger partial charge is 0.335 e. The number of imidazole rings is 1. The lowest BCUT2D eigenvalue weighted by Crippen LogP contribution is -2.17. The molecule has 0 aliphatic heterocycles. The van der Waals surface area contributed by atoms with Crippen LogP contribution in [0.1, 0.15) is 13.8 Å². The van der Waals surface area contributed by atoms with Crippen molar-refractivity contribution >= 4 is 33.7 Å². The van der Waals surface area contributed by atoms with Crippen LogP contribution in [0.3, 0.4) is 0 Å². The van der Waals surface area contributed by atoms with Crippen LogP contribution in [-0.2, 0) is 4.79 Å². The molecule has 6 heterocycles. The molecular weight excluding hydrogens is 473 g/mol. The van der Waals surface area contributed by atoms with Gasteiger partial charge >= 0.3 is 0 Å². The van der Waals surface area contributed by atoms with E-state index in [2.05, 4.69) is 45.4 Å². The van der Waals surface area contributed by atoms with Crippen LogP contribution in [-0.4, -0.2) is 46.0 Å². The maximum absolute atomic E-state index is 16.0. The third kappa shape index (κ3) is 3.96. The molecule has 0 saturated carbocycles. The summed E-state index contributed by atoms with van der Waals surface area (Å²) in [6, 6.07) is 9.11. The van der Waals surface area contributed by atoms with Crippen LogP contribution < -0.4 is 5.32 Å². The third-order valence-corrected chi connectivity index (χ3v) is 5.91. The molecule has 37 heavy (non-hydrogen) atoms. The van der Waals surface area contributed by atoms with Gasteiger partial charge in [0.2, 0.25) is 5.91 Å². The van der Waals surface area contributed by atoms with E-state index in [9.17, 15) is 4.79 Å². The summed E-state index contributed by atoms with van der Waals surface area (Å²) in [6.45, 7) is 3.57. The Bertz CT molecular complexity index is 1780. The van der Waals surface area contributed by atoms with Crippen molar-refractivity contribution in [3.05, 3.63) is 67.1 Å². The number of anilines is 1. The lowest BCUT2D eigenvalue weighted by atomic mass is 10.1. The second kappa shape index (κ2) is 8.86. The van der Waals surface area contributed by atoms with Crippen LogP contribution in [0, 0.1) is 11.7 Å². The zero-order valence-corrected chi connectivity index (χ0v) is 19.8. The van der Waals surface area contributed by atoms with E-state index >= 15 is 4.39 Å². The number of hydrogen-bond acceptors (Lipinski definition) is 7. The van der Waals surface area contributed by atoms with E-state index in [1.54, 1.807) is 32.3 Å². The molecule has 1 amide bonds. The number of carbonyl (C=O) groups excluding carboxylic acids is 1. The number of carbonyl (C=O) groups is 1. The van der Waals surface area contributed by atoms with Gasteiger partial charge in [-0.2, -0.15) is 5.10 Å². The highest BCUT2D eigenvalue weighted by Gasteiger charge is 2.22. The maximum atomic E-state index is 16.0. The smallest absolute Gasteiger partial charge is 0.226 e. The Morgan fingerprint density at radius 2 is 1.92 bits per heavy atom. The molecule has 3 N–H and O–H groups in total. The number of halogens is 1. The summed E-state index contributed by atoms with van der Waals surface area (Å²) in [5, 5.41) is 10.1. The molecule has 11 heteroatoms. The number of rotatable bonds is 5. The summed E-state index contributed by atoms with van der Waals surface area (Å²) in [4.78, 5) is 37.1. The van der Waals surface area contributed by atoms with Crippen LogP contribution >= 0.6 is 0 Å². The van der Waals surface area contributed by atoms with Gasteiger partial charge < -0.3 is 10.3 Å². The van der Waals surface area contributed by atoms with Crippen molar-refractivity contribution in [3.63, 3.8) is 0 Å². The van der Waals surface area contributed by atoms with Crippen molar-refractivity contribution in [2.45, 2.75) is 13.8 Å². The number of amides is 1. The van der Waals surface area contributed by atoms with Crippen molar-refractivity contribution in [2.75, 3.05) is 5.32 Å². The van der Waals surface area contributed by atoms with Crippen LogP contribution in [0.2, 0.25) is 0 Å². The fraction of sp³-hybridized carbons (Fsp3) is 0.115. The van der Waals surface area contributed by atoms with E-state index in [4.69, 9.17) is 0 Å². The molecule has 0 unspecified atom stereocenters. The lowest BCUT2D eigenvalue weighted by molar-refractivity contribution is -0.118. The van der Waals surface area contributed by atoms with E-state index in [0.717, 1.165) is 11.3 Å². The first-order valence-electron chi connectivity index (χ1n) is 11.5. The molecule has 6 rings (SSSR count). The predicted molar refractivity (Wildman–Crippen MR) is 137 cm³/mol. The first-order valence-corrected chi connectivity index (χ1v) is 11.5. The minimum Gasteiger partial charge on any atom is -0.335 e. The fourth-order valence-electron chi connectivity index (χ4n) is 4.03. The first-order chi connectivity index (χ1) is 18.0. The molecule has 6 aromatic rings. The lowest BCUT2D eigenvalue weighted by Gasteiger charge is -2.09. The van der Waals surface area contributed by atoms with Gasteiger partial charge in [0.15, 0.2) is 17.3 Å². The number of nitrogens with one attached hydrogen (secondary N) is 3. The first kappa shape index (κ1) is 22.4. The molecular formula is C26H20FN9O. The average molecular weight is 494 g/mol. The second-order valence-electron chi connectivity index (χ2n) is 8.75. The minimum atomic E-state index is -0.589. The van der Waals surface area contributed by atoms with Crippen molar-refractivity contribution in [2.24, 2.45) is 5.92 Å². The minimum absolute atomic E-state index is 0.0757. The van der Waals surface area contributed by atoms with Gasteiger partial charge in [-0.25, -0.2) is 14.4 Å². The Kier molecular flexibility index (Phi) is 5.37. The van der Waals surface area contributed by atoms with Crippen molar-refractivity contribution in [1.29, 1.82) is 0 Å². The second-order valence-corrected chi connectivity index (χ2v) is 8.75. The van der Waals surface area contributed by atoms with Gasteiger partial charge in [0.05, 0.1) is 40.2 Å². The SMILES string of the molecule is CC(C)C(=O)Nc1cncc(-c2ncc3[nH]nc(-c4nc5nccc(-c6ccccn6)c5[nH]4)c3c2F)c1. The van der Waals surface area contributed by atoms with Crippen molar-refractivity contribution < 1.29 is 9.18 Å². The monoisotopic (exact) mass is 493 g/mol. The molecule has 182 valence electrons. The Morgan fingerprint density at radius 1 is 1.03 bits per heavy atom. The van der Waals surface area contributed by atoms with Crippen LogP contribution in [0.5, 0.6) is 0 Å². The molecule has 0 atom stereocenters. The van der Waals surface area contributed by atoms with Crippen LogP contribution in [0.4, 0.5) is 10.1 Å². The zero-order valence-electron chi connectivity index (χ0n) is 19.8. The molecule has 0 aromatic carbocycles. The Labute approximate surface area is 209 Å². The highest BCUT2D eigenvalue weighted by atomic mass is 19.1. The molecule has 10 nitrogen and oxygen atoms in total. The van der Waals surface area contributed by atoms with E-state index < -0.39 is 5.82 Å². The molecule has 0 saturated heterocycles. The van der Waals surface area contributed by atoms with Gasteiger partial charge in [0.1, 0.15) is 11.4 Å². The molecule has 0 radical (unpaired) electrons. The molecule has 0 bridgehead atoms. The van der Waals surface area contributed by atoms with Gasteiger partial charge in [-0.1, -0.05) is 19.9 Å². The molecule has 6 aromatic heterocycles. The number of hydrogen-bond donors (Lipinski definition) is 3. The summed E-state index contributed by atoms with van der Waals surface area (Å²) in [7, 11) is 0. The highest BCUT2D eigenvalue weighted by Crippen LogP contribution is 2.34. The van der Waals surface area contributed by atoms with E-state index in [-0.39, 0.29) is 22.9 Å². The Balaban J connectivity index is 1.45. The van der Waals surface area contributed by atoms with Crippen molar-refractivity contribution in [1.82, 2.24) is 40.1 Å². The molecule has 0 fully saturated rings. The van der Waals surface area contributed by atoms with Gasteiger partial charge in [0, 0.05) is 35.6 Å². The quantitative estimate of drug-likeness (QED) is 0.315. The summed E-state index contributed by atoms with van der Waals surface area (Å²) in [6.07, 6.45) is 7.86. The summed E-state index contributed by atoms with van der Waals surface area (Å²) in [5.41, 5.74) is 4.34. The Morgan fingerprint density at radius 3 is 2.73 bits per heavy atom. The van der Waals surface area contributed by atoms with E-state index in [1.807, 2.05) is 24.3 Å². The number of aromatic amines is 2. The topological polar surface area (TPSA) is 138 Å². The summed E-state index contributed by atoms with van der Waals surface area (Å²) >= 11 is 0. The number of pyridine rings is 4. The molecule has 0 aliphatic rings. The molecule has 0 spiro atoms. The van der Waals surface area contributed by atoms with Crippen LogP contribution in [0.25, 0.3) is 56.1 Å². The summed E-state index contributed by atoms with van der Waals surface area (Å²) in [5.74, 6) is -0.610. The van der Waals surface area contributed by atoms with E-state index in [1.165, 1.54) is 18.6 Å². The highest BCUT2D eigenvalue weighted by molar-refractivity contribution is 5.97.